The van der Waals surface area contributed by atoms with E-state index in [0.29, 0.717) is 51.1 Å². The Kier molecular flexibility index (Phi) is 11.2. The van der Waals surface area contributed by atoms with E-state index in [1.54, 1.807) is 19.2 Å². The molecule has 0 spiro atoms. The molecular formula is C20H25BrN2O7. The lowest BCUT2D eigenvalue weighted by Gasteiger charge is -2.16. The monoisotopic (exact) mass is 484 g/mol. The van der Waals surface area contributed by atoms with E-state index in [1.807, 2.05) is 6.92 Å². The van der Waals surface area contributed by atoms with Crippen LogP contribution in [0.5, 0.6) is 0 Å². The minimum atomic E-state index is -0.466. The molecule has 9 nitrogen and oxygen atoms in total. The van der Waals surface area contributed by atoms with Crippen molar-refractivity contribution in [1.82, 2.24) is 10.3 Å². The molecule has 0 saturated carbocycles. The van der Waals surface area contributed by atoms with Crippen molar-refractivity contribution >= 4 is 28.1 Å². The number of carbonyl (C=O) groups excluding carboxylic acids is 3. The van der Waals surface area contributed by atoms with Gasteiger partial charge < -0.3 is 30.4 Å². The first-order valence-electron chi connectivity index (χ1n) is 9.13. The van der Waals surface area contributed by atoms with E-state index in [4.69, 9.17) is 14.3 Å². The molecule has 30 heavy (non-hydrogen) atoms. The summed E-state index contributed by atoms with van der Waals surface area (Å²) in [5.41, 5.74) is 3.95. The minimum Gasteiger partial charge on any atom is -0.461 e. The van der Waals surface area contributed by atoms with E-state index in [9.17, 15) is 20.1 Å². The van der Waals surface area contributed by atoms with Gasteiger partial charge in [-0.15, -0.1) is 0 Å². The summed E-state index contributed by atoms with van der Waals surface area (Å²) in [5, 5.41) is 32.2. The number of esters is 1. The maximum absolute atomic E-state index is 12.4. The van der Waals surface area contributed by atoms with Crippen LogP contribution in [0.3, 0.4) is 0 Å². The zero-order valence-electron chi connectivity index (χ0n) is 16.7. The van der Waals surface area contributed by atoms with Crippen molar-refractivity contribution in [3.63, 3.8) is 0 Å². The van der Waals surface area contributed by atoms with E-state index in [1.165, 1.54) is 0 Å². The number of hydrogen-bond donors (Lipinski definition) is 5. The Balaban J connectivity index is 0.00000141. The molecule has 1 heterocycles. The fourth-order valence-corrected chi connectivity index (χ4v) is 3.74. The third-order valence-corrected chi connectivity index (χ3v) is 5.09. The van der Waals surface area contributed by atoms with Crippen LogP contribution in [0.1, 0.15) is 46.2 Å². The van der Waals surface area contributed by atoms with Crippen molar-refractivity contribution in [2.75, 3.05) is 13.7 Å². The molecule has 0 aliphatic carbocycles. The first-order valence-corrected chi connectivity index (χ1v) is 9.92. The Hall–Kier alpha value is -2.33. The molecule has 2 aromatic rings. The molecule has 164 valence electrons. The van der Waals surface area contributed by atoms with Crippen molar-refractivity contribution in [2.24, 2.45) is 0 Å². The molecular weight excluding hydrogens is 460 g/mol. The molecule has 0 radical (unpaired) electrons. The predicted molar refractivity (Wildman–Crippen MR) is 110 cm³/mol. The highest BCUT2D eigenvalue weighted by Gasteiger charge is 2.25. The van der Waals surface area contributed by atoms with Gasteiger partial charge in [-0.3, -0.25) is 0 Å². The first kappa shape index (κ1) is 25.7. The normalized spacial score (nSPS) is 10.2. The highest BCUT2D eigenvalue weighted by molar-refractivity contribution is 9.10. The van der Waals surface area contributed by atoms with Gasteiger partial charge in [0, 0.05) is 17.8 Å². The molecule has 0 bridgehead atoms. The Morgan fingerprint density at radius 1 is 1.17 bits per heavy atom. The second kappa shape index (κ2) is 13.1. The van der Waals surface area contributed by atoms with E-state index in [2.05, 4.69) is 26.2 Å². The molecule has 0 fully saturated rings. The van der Waals surface area contributed by atoms with Crippen molar-refractivity contribution in [3.8, 4) is 11.1 Å². The molecule has 0 aliphatic heterocycles. The standard InChI is InChI=1S/C19H25BrN2O5.CO2/c1-3-6-27-19(26)18-17(20)16(15(22-18)7-21-2)12-5-4-11(8-23)13(9-24)14(12)10-25;2-1-3/h4-5,21-25H,3,6-10H2,1-2H3;. The number of ether oxygens (including phenoxy) is 1. The van der Waals surface area contributed by atoms with Crippen molar-refractivity contribution in [1.29, 1.82) is 0 Å². The zero-order chi connectivity index (χ0) is 22.7. The second-order valence-corrected chi connectivity index (χ2v) is 6.91. The number of rotatable bonds is 9. The number of aliphatic hydroxyl groups is 3. The van der Waals surface area contributed by atoms with Crippen LogP contribution in [-0.4, -0.2) is 46.1 Å². The van der Waals surface area contributed by atoms with Crippen LogP contribution in [-0.2, 0) is 40.7 Å². The molecule has 10 heteroatoms. The Morgan fingerprint density at radius 2 is 1.80 bits per heavy atom. The summed E-state index contributed by atoms with van der Waals surface area (Å²) < 4.78 is 5.77. The third kappa shape index (κ3) is 5.85. The van der Waals surface area contributed by atoms with Crippen molar-refractivity contribution in [2.45, 2.75) is 39.7 Å². The number of aromatic amines is 1. The van der Waals surface area contributed by atoms with E-state index in [-0.39, 0.29) is 26.0 Å². The molecule has 0 unspecified atom stereocenters. The lowest BCUT2D eigenvalue weighted by molar-refractivity contribution is -0.191. The molecule has 0 atom stereocenters. The smallest absolute Gasteiger partial charge is 0.373 e. The van der Waals surface area contributed by atoms with E-state index >= 15 is 0 Å². The van der Waals surface area contributed by atoms with Crippen LogP contribution in [0.25, 0.3) is 11.1 Å². The molecule has 1 aromatic heterocycles. The molecule has 1 aromatic carbocycles. The fraction of sp³-hybridized carbons (Fsp3) is 0.400. The minimum absolute atomic E-state index is 0.241. The van der Waals surface area contributed by atoms with Crippen LogP contribution in [0.15, 0.2) is 16.6 Å². The summed E-state index contributed by atoms with van der Waals surface area (Å²) >= 11 is 3.49. The number of H-pyrrole nitrogens is 1. The Labute approximate surface area is 182 Å². The van der Waals surface area contributed by atoms with Gasteiger partial charge in [0.1, 0.15) is 5.69 Å². The van der Waals surface area contributed by atoms with Crippen molar-refractivity contribution < 1.29 is 34.4 Å². The average molecular weight is 485 g/mol. The van der Waals surface area contributed by atoms with Gasteiger partial charge in [-0.2, -0.15) is 9.59 Å². The first-order chi connectivity index (χ1) is 14.4. The number of aromatic nitrogens is 1. The van der Waals surface area contributed by atoms with Gasteiger partial charge in [-0.05, 0) is 51.7 Å². The van der Waals surface area contributed by atoms with E-state index in [0.717, 1.165) is 12.1 Å². The maximum atomic E-state index is 12.4. The molecule has 0 saturated heterocycles. The zero-order valence-corrected chi connectivity index (χ0v) is 18.3. The van der Waals surface area contributed by atoms with Crippen LogP contribution in [0.2, 0.25) is 0 Å². The van der Waals surface area contributed by atoms with Gasteiger partial charge in [0.2, 0.25) is 0 Å². The number of benzene rings is 1. The third-order valence-electron chi connectivity index (χ3n) is 4.30. The largest absolute Gasteiger partial charge is 0.461 e. The fourth-order valence-electron chi connectivity index (χ4n) is 3.02. The summed E-state index contributed by atoms with van der Waals surface area (Å²) in [6, 6.07) is 3.47. The van der Waals surface area contributed by atoms with Gasteiger partial charge in [-0.25, -0.2) is 4.79 Å². The maximum Gasteiger partial charge on any atom is 0.373 e. The van der Waals surface area contributed by atoms with Crippen LogP contribution < -0.4 is 5.32 Å². The topological polar surface area (TPSA) is 149 Å². The van der Waals surface area contributed by atoms with Gasteiger partial charge in [0.25, 0.3) is 0 Å². The van der Waals surface area contributed by atoms with Crippen LogP contribution >= 0.6 is 15.9 Å². The summed E-state index contributed by atoms with van der Waals surface area (Å²) in [6.07, 6.45) is 0.970. The lowest BCUT2D eigenvalue weighted by atomic mass is 9.92. The second-order valence-electron chi connectivity index (χ2n) is 6.12. The van der Waals surface area contributed by atoms with Gasteiger partial charge in [-0.1, -0.05) is 19.1 Å². The lowest BCUT2D eigenvalue weighted by Crippen LogP contribution is -2.09. The average Bonchev–Trinajstić information content (AvgIpc) is 3.07. The molecule has 0 aliphatic rings. The quantitative estimate of drug-likeness (QED) is 0.337. The summed E-state index contributed by atoms with van der Waals surface area (Å²) in [6.45, 7) is 1.83. The Bertz CT molecular complexity index is 890. The number of aliphatic hydroxyl groups excluding tert-OH is 3. The van der Waals surface area contributed by atoms with Gasteiger partial charge >= 0.3 is 12.1 Å². The van der Waals surface area contributed by atoms with Gasteiger partial charge in [0.15, 0.2) is 0 Å². The number of halogens is 1. The molecule has 0 amide bonds. The number of hydrogen-bond acceptors (Lipinski definition) is 8. The summed E-state index contributed by atoms with van der Waals surface area (Å²) in [4.78, 5) is 31.7. The van der Waals surface area contributed by atoms with Crippen LogP contribution in [0, 0.1) is 0 Å². The molecule has 2 rings (SSSR count). The highest BCUT2D eigenvalue weighted by Crippen LogP contribution is 2.39. The Morgan fingerprint density at radius 3 is 2.30 bits per heavy atom. The number of nitrogens with one attached hydrogen (secondary N) is 2. The van der Waals surface area contributed by atoms with Crippen LogP contribution in [0.4, 0.5) is 0 Å². The SMILES string of the molecule is CCCOC(=O)c1[nH]c(CNC)c(-c2ccc(CO)c(CO)c2CO)c1Br.O=C=O. The van der Waals surface area contributed by atoms with Crippen molar-refractivity contribution in [3.05, 3.63) is 44.7 Å². The highest BCUT2D eigenvalue weighted by atomic mass is 79.9. The van der Waals surface area contributed by atoms with E-state index < -0.39 is 5.97 Å². The predicted octanol–water partition coefficient (Wildman–Crippen LogP) is 1.62. The summed E-state index contributed by atoms with van der Waals surface area (Å²) in [7, 11) is 1.79. The summed E-state index contributed by atoms with van der Waals surface area (Å²) in [5.74, 6) is -0.466. The van der Waals surface area contributed by atoms with Gasteiger partial charge in [0.05, 0.1) is 30.9 Å². The number of carbonyl (C=O) groups is 1. The molecule has 5 N–H and O–H groups in total.